The maximum atomic E-state index is 5.20. The summed E-state index contributed by atoms with van der Waals surface area (Å²) in [5.74, 6) is 0. The molecule has 4 heteroatoms. The first kappa shape index (κ1) is 23.4. The molecule has 0 N–H and O–H groups in total. The van der Waals surface area contributed by atoms with Gasteiger partial charge < -0.3 is 4.40 Å². The molecule has 0 saturated carbocycles. The van der Waals surface area contributed by atoms with E-state index in [4.69, 9.17) is 9.97 Å². The number of nitrogens with zero attached hydrogens (tertiary/aromatic N) is 3. The van der Waals surface area contributed by atoms with Crippen LogP contribution in [0.4, 0.5) is 0 Å². The molecule has 9 aromatic rings. The molecule has 0 aliphatic rings. The zero-order valence-electron chi connectivity index (χ0n) is 22.5. The molecule has 0 spiro atoms. The zero-order chi connectivity index (χ0) is 27.6. The van der Waals surface area contributed by atoms with Crippen LogP contribution in [0.25, 0.3) is 81.1 Å². The van der Waals surface area contributed by atoms with Crippen molar-refractivity contribution in [3.05, 3.63) is 140 Å². The third-order valence-corrected chi connectivity index (χ3v) is 9.43. The number of hydrogen-bond donors (Lipinski definition) is 0. The predicted octanol–water partition coefficient (Wildman–Crippen LogP) is 10.4. The highest BCUT2D eigenvalue weighted by Gasteiger charge is 2.16. The number of imidazole rings is 1. The summed E-state index contributed by atoms with van der Waals surface area (Å²) in [6.45, 7) is 0. The molecule has 0 fully saturated rings. The molecule has 9 rings (SSSR count). The average molecular weight is 554 g/mol. The zero-order valence-corrected chi connectivity index (χ0v) is 23.3. The SMILES string of the molecule is c1ccc(-c2cn3ccc(-c4ccc(-c5nc6ccccc6c6c5ccc5c7ccccc7sc56)cc4)cc3n2)cc1. The number of rotatable bonds is 3. The van der Waals surface area contributed by atoms with Gasteiger partial charge in [0.15, 0.2) is 0 Å². The highest BCUT2D eigenvalue weighted by molar-refractivity contribution is 7.26. The minimum atomic E-state index is 0.935. The van der Waals surface area contributed by atoms with E-state index in [9.17, 15) is 0 Å². The highest BCUT2D eigenvalue weighted by atomic mass is 32.1. The Morgan fingerprint density at radius 1 is 0.524 bits per heavy atom. The van der Waals surface area contributed by atoms with Gasteiger partial charge >= 0.3 is 0 Å². The van der Waals surface area contributed by atoms with Crippen LogP contribution in [-0.2, 0) is 0 Å². The van der Waals surface area contributed by atoms with Crippen molar-refractivity contribution in [3.8, 4) is 33.6 Å². The lowest BCUT2D eigenvalue weighted by Gasteiger charge is -2.12. The smallest absolute Gasteiger partial charge is 0.138 e. The lowest BCUT2D eigenvalue weighted by atomic mass is 9.97. The van der Waals surface area contributed by atoms with Gasteiger partial charge in [-0.1, -0.05) is 103 Å². The monoisotopic (exact) mass is 553 g/mol. The average Bonchev–Trinajstić information content (AvgIpc) is 3.66. The van der Waals surface area contributed by atoms with Gasteiger partial charge in [0.05, 0.1) is 16.9 Å². The summed E-state index contributed by atoms with van der Waals surface area (Å²) in [6, 6.07) is 45.2. The predicted molar refractivity (Wildman–Crippen MR) is 177 cm³/mol. The van der Waals surface area contributed by atoms with Crippen molar-refractivity contribution in [1.29, 1.82) is 0 Å². The first-order valence-corrected chi connectivity index (χ1v) is 14.9. The third kappa shape index (κ3) is 3.59. The first-order chi connectivity index (χ1) is 20.8. The summed E-state index contributed by atoms with van der Waals surface area (Å²) in [5.41, 5.74) is 8.48. The van der Waals surface area contributed by atoms with Crippen LogP contribution in [0.3, 0.4) is 0 Å². The Hall–Kier alpha value is -5.32. The second-order valence-corrected chi connectivity index (χ2v) is 11.7. The summed E-state index contributed by atoms with van der Waals surface area (Å²) in [5, 5.41) is 6.31. The molecule has 3 nitrogen and oxygen atoms in total. The quantitative estimate of drug-likeness (QED) is 0.204. The summed E-state index contributed by atoms with van der Waals surface area (Å²) in [4.78, 5) is 10.1. The van der Waals surface area contributed by atoms with Crippen molar-refractivity contribution in [2.45, 2.75) is 0 Å². The van der Waals surface area contributed by atoms with E-state index in [2.05, 4.69) is 126 Å². The third-order valence-electron chi connectivity index (χ3n) is 8.23. The van der Waals surface area contributed by atoms with Crippen molar-refractivity contribution < 1.29 is 0 Å². The fourth-order valence-electron chi connectivity index (χ4n) is 6.17. The van der Waals surface area contributed by atoms with Crippen LogP contribution in [-0.4, -0.2) is 14.4 Å². The molecule has 0 bridgehead atoms. The fourth-order valence-corrected chi connectivity index (χ4v) is 7.43. The lowest BCUT2D eigenvalue weighted by Crippen LogP contribution is -1.90. The Morgan fingerprint density at radius 2 is 1.26 bits per heavy atom. The Bertz CT molecular complexity index is 2450. The van der Waals surface area contributed by atoms with E-state index in [1.54, 1.807) is 0 Å². The molecule has 0 aliphatic carbocycles. The van der Waals surface area contributed by atoms with Gasteiger partial charge in [-0.25, -0.2) is 9.97 Å². The van der Waals surface area contributed by atoms with E-state index in [1.807, 2.05) is 29.5 Å². The molecule has 0 atom stereocenters. The molecule has 0 radical (unpaired) electrons. The molecule has 0 aliphatic heterocycles. The Labute approximate surface area is 246 Å². The van der Waals surface area contributed by atoms with E-state index in [0.717, 1.165) is 44.8 Å². The van der Waals surface area contributed by atoms with Crippen molar-refractivity contribution in [1.82, 2.24) is 14.4 Å². The largest absolute Gasteiger partial charge is 0.306 e. The van der Waals surface area contributed by atoms with E-state index in [0.29, 0.717) is 0 Å². The number of pyridine rings is 2. The maximum Gasteiger partial charge on any atom is 0.138 e. The van der Waals surface area contributed by atoms with Crippen molar-refractivity contribution in [2.24, 2.45) is 0 Å². The van der Waals surface area contributed by atoms with Gasteiger partial charge in [-0.2, -0.15) is 0 Å². The Morgan fingerprint density at radius 3 is 2.14 bits per heavy atom. The van der Waals surface area contributed by atoms with Gasteiger partial charge in [0.2, 0.25) is 0 Å². The van der Waals surface area contributed by atoms with Gasteiger partial charge in [0, 0.05) is 59.9 Å². The van der Waals surface area contributed by atoms with Crippen LogP contribution in [0.15, 0.2) is 140 Å². The molecule has 0 amide bonds. The Kier molecular flexibility index (Phi) is 5.07. The molecule has 5 aromatic carbocycles. The van der Waals surface area contributed by atoms with Crippen LogP contribution in [0.2, 0.25) is 0 Å². The topological polar surface area (TPSA) is 30.2 Å². The molecular weight excluding hydrogens is 531 g/mol. The van der Waals surface area contributed by atoms with Gasteiger partial charge in [-0.15, -0.1) is 11.3 Å². The van der Waals surface area contributed by atoms with Gasteiger partial charge in [0.1, 0.15) is 5.65 Å². The van der Waals surface area contributed by atoms with Crippen molar-refractivity contribution >= 4 is 58.8 Å². The molecule has 0 unspecified atom stereocenters. The lowest BCUT2D eigenvalue weighted by molar-refractivity contribution is 1.19. The van der Waals surface area contributed by atoms with Gasteiger partial charge in [-0.05, 0) is 35.4 Å². The number of fused-ring (bicyclic) bond motifs is 8. The van der Waals surface area contributed by atoms with Crippen molar-refractivity contribution in [2.75, 3.05) is 0 Å². The van der Waals surface area contributed by atoms with Gasteiger partial charge in [-0.3, -0.25) is 0 Å². The van der Waals surface area contributed by atoms with Crippen LogP contribution in [0, 0.1) is 0 Å². The number of hydrogen-bond acceptors (Lipinski definition) is 3. The molecular formula is C38H23N3S. The fraction of sp³-hybridized carbons (Fsp3) is 0. The van der Waals surface area contributed by atoms with Gasteiger partial charge in [0.25, 0.3) is 0 Å². The minimum Gasteiger partial charge on any atom is -0.306 e. The molecule has 0 saturated heterocycles. The standard InChI is InChI=1S/C38H23N3S/c1-2-8-25(9-3-1)33-23-41-21-20-27(22-35(41)39-33)24-14-16-26(17-15-24)37-31-19-18-29-28-10-5-7-13-34(28)42-38(29)36(31)30-11-4-6-12-32(30)40-37/h1-23H. The van der Waals surface area contributed by atoms with E-state index in [-0.39, 0.29) is 0 Å². The van der Waals surface area contributed by atoms with Crippen LogP contribution < -0.4 is 0 Å². The maximum absolute atomic E-state index is 5.20. The van der Waals surface area contributed by atoms with E-state index in [1.165, 1.54) is 36.3 Å². The highest BCUT2D eigenvalue weighted by Crippen LogP contribution is 2.43. The normalized spacial score (nSPS) is 11.8. The van der Waals surface area contributed by atoms with E-state index >= 15 is 0 Å². The number of aromatic nitrogens is 3. The van der Waals surface area contributed by atoms with E-state index < -0.39 is 0 Å². The molecule has 4 heterocycles. The van der Waals surface area contributed by atoms with Crippen molar-refractivity contribution in [3.63, 3.8) is 0 Å². The summed E-state index contributed by atoms with van der Waals surface area (Å²) < 4.78 is 4.73. The minimum absolute atomic E-state index is 0.935. The Balaban J connectivity index is 1.18. The molecule has 196 valence electrons. The first-order valence-electron chi connectivity index (χ1n) is 14.1. The second kappa shape index (κ2) is 9.10. The van der Waals surface area contributed by atoms with Crippen LogP contribution in [0.1, 0.15) is 0 Å². The number of thiophene rings is 1. The summed E-state index contributed by atoms with van der Waals surface area (Å²) >= 11 is 1.88. The number of para-hydroxylation sites is 1. The summed E-state index contributed by atoms with van der Waals surface area (Å²) in [7, 11) is 0. The number of benzene rings is 5. The second-order valence-electron chi connectivity index (χ2n) is 10.7. The molecule has 42 heavy (non-hydrogen) atoms. The molecule has 4 aromatic heterocycles. The summed E-state index contributed by atoms with van der Waals surface area (Å²) in [6.07, 6.45) is 4.17. The van der Waals surface area contributed by atoms with Crippen LogP contribution in [0.5, 0.6) is 0 Å². The van der Waals surface area contributed by atoms with Crippen LogP contribution >= 0.6 is 11.3 Å².